The highest BCUT2D eigenvalue weighted by atomic mass is 15.0. The maximum atomic E-state index is 3.44. The lowest BCUT2D eigenvalue weighted by Crippen LogP contribution is -2.74. The van der Waals surface area contributed by atoms with E-state index >= 15 is 0 Å². The van der Waals surface area contributed by atoms with E-state index in [1.165, 1.54) is 30.8 Å². The fourth-order valence-electron chi connectivity index (χ4n) is 1.73. The zero-order chi connectivity index (χ0) is 9.64. The van der Waals surface area contributed by atoms with Gasteiger partial charge in [0, 0.05) is 6.42 Å². The van der Waals surface area contributed by atoms with Crippen LogP contribution in [0.4, 0.5) is 5.69 Å². The summed E-state index contributed by atoms with van der Waals surface area (Å²) in [7, 11) is 0. The zero-order valence-electron chi connectivity index (χ0n) is 8.42. The maximum Gasteiger partial charge on any atom is 0.247 e. The fraction of sp³-hybridized carbons (Fsp3) is 0.417. The molecule has 1 aromatic rings. The summed E-state index contributed by atoms with van der Waals surface area (Å²) in [4.78, 5) is 3.44. The predicted molar refractivity (Wildman–Crippen MR) is 59.4 cm³/mol. The van der Waals surface area contributed by atoms with Gasteiger partial charge in [0.05, 0.1) is 6.54 Å². The van der Waals surface area contributed by atoms with Crippen molar-refractivity contribution in [3.05, 3.63) is 30.3 Å². The van der Waals surface area contributed by atoms with Gasteiger partial charge in [-0.05, 0) is 31.4 Å². The molecular formula is C12H17N2+. The number of amidine groups is 1. The molecule has 2 N–H and O–H groups in total. The van der Waals surface area contributed by atoms with E-state index in [2.05, 4.69) is 34.6 Å². The van der Waals surface area contributed by atoms with E-state index < -0.39 is 0 Å². The zero-order valence-corrected chi connectivity index (χ0v) is 8.42. The van der Waals surface area contributed by atoms with Crippen LogP contribution in [0.5, 0.6) is 0 Å². The average Bonchev–Trinajstić information content (AvgIpc) is 2.48. The van der Waals surface area contributed by atoms with Crippen molar-refractivity contribution in [1.82, 2.24) is 0 Å². The Morgan fingerprint density at radius 3 is 2.71 bits per heavy atom. The first kappa shape index (κ1) is 9.25. The number of nitrogens with one attached hydrogen (secondary N) is 2. The molecule has 0 bridgehead atoms. The van der Waals surface area contributed by atoms with E-state index in [4.69, 9.17) is 0 Å². The predicted octanol–water partition coefficient (Wildman–Crippen LogP) is 1.15. The van der Waals surface area contributed by atoms with Crippen molar-refractivity contribution in [2.75, 3.05) is 11.9 Å². The maximum absolute atomic E-state index is 3.44. The third-order valence-corrected chi connectivity index (χ3v) is 2.51. The van der Waals surface area contributed by atoms with Gasteiger partial charge in [-0.2, -0.15) is 0 Å². The molecule has 0 saturated heterocycles. The summed E-state index contributed by atoms with van der Waals surface area (Å²) in [6, 6.07) is 10.3. The lowest BCUT2D eigenvalue weighted by molar-refractivity contribution is -0.457. The molecule has 74 valence electrons. The molecule has 0 aromatic heterocycles. The SMILES string of the molecule is c1ccc(NC2=[NH+]CCCCC2)cc1. The Morgan fingerprint density at radius 1 is 1.00 bits per heavy atom. The molecule has 0 atom stereocenters. The highest BCUT2D eigenvalue weighted by Crippen LogP contribution is 2.07. The van der Waals surface area contributed by atoms with Gasteiger partial charge in [-0.3, -0.25) is 4.99 Å². The first-order chi connectivity index (χ1) is 6.95. The molecule has 0 aliphatic carbocycles. The van der Waals surface area contributed by atoms with E-state index in [9.17, 15) is 0 Å². The van der Waals surface area contributed by atoms with Crippen LogP contribution in [0.15, 0.2) is 30.3 Å². The molecule has 1 aromatic carbocycles. The van der Waals surface area contributed by atoms with Crippen LogP contribution in [0.3, 0.4) is 0 Å². The van der Waals surface area contributed by atoms with E-state index in [1.54, 1.807) is 0 Å². The highest BCUT2D eigenvalue weighted by Gasteiger charge is 2.09. The standard InChI is InChI=1S/C12H16N2/c1-3-7-11(8-4-1)14-12-9-5-2-6-10-13-12/h1,3-4,7-8H,2,5-6,9-10H2,(H,13,14)/p+1. The molecule has 0 radical (unpaired) electrons. The Labute approximate surface area is 85.1 Å². The second-order valence-corrected chi connectivity index (χ2v) is 3.71. The minimum absolute atomic E-state index is 1.11. The topological polar surface area (TPSA) is 26.0 Å². The van der Waals surface area contributed by atoms with Crippen LogP contribution in [0.25, 0.3) is 0 Å². The Hall–Kier alpha value is -1.31. The average molecular weight is 189 g/mol. The van der Waals surface area contributed by atoms with Gasteiger partial charge >= 0.3 is 0 Å². The monoisotopic (exact) mass is 189 g/mol. The van der Waals surface area contributed by atoms with Crippen molar-refractivity contribution in [2.45, 2.75) is 25.7 Å². The molecule has 0 spiro atoms. The van der Waals surface area contributed by atoms with Gasteiger partial charge in [0.15, 0.2) is 0 Å². The lowest BCUT2D eigenvalue weighted by Gasteiger charge is -1.99. The molecule has 0 unspecified atom stereocenters. The summed E-state index contributed by atoms with van der Waals surface area (Å²) < 4.78 is 0. The lowest BCUT2D eigenvalue weighted by atomic mass is 10.2. The summed E-state index contributed by atoms with van der Waals surface area (Å²) in [6.07, 6.45) is 5.07. The van der Waals surface area contributed by atoms with E-state index in [1.807, 2.05) is 6.07 Å². The van der Waals surface area contributed by atoms with Crippen molar-refractivity contribution in [3.63, 3.8) is 0 Å². The third kappa shape index (κ3) is 2.59. The smallest absolute Gasteiger partial charge is 0.247 e. The summed E-state index contributed by atoms with van der Waals surface area (Å²) >= 11 is 0. The summed E-state index contributed by atoms with van der Waals surface area (Å²) in [5.41, 5.74) is 1.18. The molecule has 1 aliphatic heterocycles. The minimum atomic E-state index is 1.11. The van der Waals surface area contributed by atoms with Gasteiger partial charge in [-0.1, -0.05) is 18.2 Å². The van der Waals surface area contributed by atoms with Gasteiger partial charge in [0.2, 0.25) is 5.84 Å². The van der Waals surface area contributed by atoms with Gasteiger partial charge in [0.1, 0.15) is 5.69 Å². The summed E-state index contributed by atoms with van der Waals surface area (Å²) in [6.45, 7) is 1.11. The number of benzene rings is 1. The number of anilines is 1. The van der Waals surface area contributed by atoms with Crippen molar-refractivity contribution in [1.29, 1.82) is 0 Å². The Morgan fingerprint density at radius 2 is 1.86 bits per heavy atom. The van der Waals surface area contributed by atoms with Crippen LogP contribution in [-0.2, 0) is 0 Å². The highest BCUT2D eigenvalue weighted by molar-refractivity contribution is 5.90. The molecule has 1 aliphatic rings. The molecular weight excluding hydrogens is 172 g/mol. The second kappa shape index (κ2) is 4.80. The molecule has 0 fully saturated rings. The fourth-order valence-corrected chi connectivity index (χ4v) is 1.73. The van der Waals surface area contributed by atoms with Crippen LogP contribution < -0.4 is 10.3 Å². The van der Waals surface area contributed by atoms with Gasteiger partial charge in [-0.25, -0.2) is 5.32 Å². The number of hydrogen-bond donors (Lipinski definition) is 2. The minimum Gasteiger partial charge on any atom is -0.278 e. The Kier molecular flexibility index (Phi) is 3.17. The number of rotatable bonds is 1. The van der Waals surface area contributed by atoms with Crippen molar-refractivity contribution in [2.24, 2.45) is 0 Å². The number of para-hydroxylation sites is 1. The van der Waals surface area contributed by atoms with Gasteiger partial charge < -0.3 is 0 Å². The van der Waals surface area contributed by atoms with Crippen LogP contribution in [0, 0.1) is 0 Å². The second-order valence-electron chi connectivity index (χ2n) is 3.71. The molecule has 2 rings (SSSR count). The normalized spacial score (nSPS) is 17.0. The largest absolute Gasteiger partial charge is 0.278 e. The first-order valence-electron chi connectivity index (χ1n) is 5.37. The molecule has 1 heterocycles. The summed E-state index contributed by atoms with van der Waals surface area (Å²) in [5, 5.41) is 3.43. The first-order valence-corrected chi connectivity index (χ1v) is 5.37. The molecule has 2 heteroatoms. The molecule has 0 saturated carbocycles. The quantitative estimate of drug-likeness (QED) is 0.681. The Bertz CT molecular complexity index is 303. The van der Waals surface area contributed by atoms with Gasteiger partial charge in [-0.15, -0.1) is 0 Å². The van der Waals surface area contributed by atoms with Crippen molar-refractivity contribution in [3.8, 4) is 0 Å². The summed E-state index contributed by atoms with van der Waals surface area (Å²) in [5.74, 6) is 1.27. The molecule has 2 nitrogen and oxygen atoms in total. The van der Waals surface area contributed by atoms with Crippen molar-refractivity contribution < 1.29 is 4.99 Å². The van der Waals surface area contributed by atoms with E-state index in [-0.39, 0.29) is 0 Å². The van der Waals surface area contributed by atoms with Crippen LogP contribution >= 0.6 is 0 Å². The molecule has 14 heavy (non-hydrogen) atoms. The number of hydrogen-bond acceptors (Lipinski definition) is 1. The van der Waals surface area contributed by atoms with E-state index in [0.717, 1.165) is 13.0 Å². The third-order valence-electron chi connectivity index (χ3n) is 2.51. The van der Waals surface area contributed by atoms with Crippen molar-refractivity contribution >= 4 is 11.5 Å². The molecule has 0 amide bonds. The van der Waals surface area contributed by atoms with Crippen LogP contribution in [0.2, 0.25) is 0 Å². The van der Waals surface area contributed by atoms with Gasteiger partial charge in [0.25, 0.3) is 0 Å². The van der Waals surface area contributed by atoms with Crippen LogP contribution in [0.1, 0.15) is 25.7 Å². The van der Waals surface area contributed by atoms with Crippen LogP contribution in [-0.4, -0.2) is 12.4 Å². The van der Waals surface area contributed by atoms with E-state index in [0.29, 0.717) is 0 Å². The Balaban J connectivity index is 1.99.